The molecule has 0 unspecified atom stereocenters. The average Bonchev–Trinajstić information content (AvgIpc) is 3.05. The van der Waals surface area contributed by atoms with Gasteiger partial charge in [0.25, 0.3) is 11.8 Å². The molecule has 0 aliphatic carbocycles. The second-order valence-corrected chi connectivity index (χ2v) is 7.99. The van der Waals surface area contributed by atoms with E-state index in [9.17, 15) is 9.59 Å². The lowest BCUT2D eigenvalue weighted by atomic mass is 10.1. The Hall–Kier alpha value is -2.15. The Bertz CT molecular complexity index is 1000. The molecule has 7 heteroatoms. The summed E-state index contributed by atoms with van der Waals surface area (Å²) in [7, 11) is 1.62. The van der Waals surface area contributed by atoms with Gasteiger partial charge in [-0.3, -0.25) is 14.5 Å². The van der Waals surface area contributed by atoms with Gasteiger partial charge in [0.15, 0.2) is 0 Å². The molecule has 0 N–H and O–H groups in total. The third kappa shape index (κ3) is 2.65. The summed E-state index contributed by atoms with van der Waals surface area (Å²) in [5.41, 5.74) is 2.78. The minimum absolute atomic E-state index is 0.208. The molecule has 1 fully saturated rings. The number of thioether (sulfide) groups is 1. The van der Waals surface area contributed by atoms with Crippen LogP contribution in [-0.4, -0.2) is 28.1 Å². The third-order valence-electron chi connectivity index (χ3n) is 4.40. The number of thiocarbonyl (C=S) groups is 1. The standard InChI is InChI=1S/C19H13ClN2O2S2/c1-21-18(24)16(26-19(21)25)15-12-7-3-5-9-14(12)22(17(15)23)10-11-6-2-4-8-13(11)20/h2-9H,10H2,1H3. The van der Waals surface area contributed by atoms with Crippen molar-refractivity contribution in [2.75, 3.05) is 11.9 Å². The van der Waals surface area contributed by atoms with Crippen molar-refractivity contribution in [2.24, 2.45) is 0 Å². The number of anilines is 1. The van der Waals surface area contributed by atoms with Gasteiger partial charge in [0.05, 0.1) is 22.7 Å². The summed E-state index contributed by atoms with van der Waals surface area (Å²) in [6.45, 7) is 0.339. The Balaban J connectivity index is 1.83. The number of hydrogen-bond donors (Lipinski definition) is 0. The normalized spacial score (nSPS) is 19.5. The van der Waals surface area contributed by atoms with Crippen LogP contribution < -0.4 is 4.90 Å². The summed E-state index contributed by atoms with van der Waals surface area (Å²) in [5.74, 6) is -0.446. The quantitative estimate of drug-likeness (QED) is 0.562. The van der Waals surface area contributed by atoms with Gasteiger partial charge in [-0.1, -0.05) is 72.0 Å². The zero-order chi connectivity index (χ0) is 18.4. The van der Waals surface area contributed by atoms with Crippen molar-refractivity contribution in [1.29, 1.82) is 0 Å². The first-order chi connectivity index (χ1) is 12.5. The minimum Gasteiger partial charge on any atom is -0.303 e. The molecule has 2 amide bonds. The molecular formula is C19H13ClN2O2S2. The predicted molar refractivity (Wildman–Crippen MR) is 109 cm³/mol. The van der Waals surface area contributed by atoms with E-state index in [0.29, 0.717) is 26.4 Å². The Labute approximate surface area is 165 Å². The van der Waals surface area contributed by atoms with E-state index in [4.69, 9.17) is 23.8 Å². The lowest BCUT2D eigenvalue weighted by molar-refractivity contribution is -0.121. The van der Waals surface area contributed by atoms with Crippen LogP contribution in [-0.2, 0) is 16.1 Å². The molecule has 0 aromatic heterocycles. The van der Waals surface area contributed by atoms with Crippen molar-refractivity contribution in [3.8, 4) is 0 Å². The Morgan fingerprint density at radius 3 is 2.42 bits per heavy atom. The van der Waals surface area contributed by atoms with Gasteiger partial charge in [-0.25, -0.2) is 0 Å². The summed E-state index contributed by atoms with van der Waals surface area (Å²) in [4.78, 5) is 29.2. The molecule has 0 spiro atoms. The fourth-order valence-corrected chi connectivity index (χ4v) is 4.49. The maximum absolute atomic E-state index is 13.2. The summed E-state index contributed by atoms with van der Waals surface area (Å²) in [6.07, 6.45) is 0. The van der Waals surface area contributed by atoms with Crippen LogP contribution in [0.2, 0.25) is 5.02 Å². The molecule has 0 saturated carbocycles. The van der Waals surface area contributed by atoms with Gasteiger partial charge >= 0.3 is 0 Å². The lowest BCUT2D eigenvalue weighted by Crippen LogP contribution is -2.27. The first kappa shape index (κ1) is 17.3. The van der Waals surface area contributed by atoms with Crippen LogP contribution >= 0.6 is 35.6 Å². The first-order valence-corrected chi connectivity index (χ1v) is 9.48. The van der Waals surface area contributed by atoms with Gasteiger partial charge in [-0.15, -0.1) is 0 Å². The topological polar surface area (TPSA) is 40.6 Å². The number of halogens is 1. The van der Waals surface area contributed by atoms with Crippen molar-refractivity contribution in [2.45, 2.75) is 6.54 Å². The lowest BCUT2D eigenvalue weighted by Gasteiger charge is -2.18. The van der Waals surface area contributed by atoms with Crippen LogP contribution in [0.15, 0.2) is 53.4 Å². The van der Waals surface area contributed by atoms with Gasteiger partial charge in [0, 0.05) is 17.6 Å². The van der Waals surface area contributed by atoms with E-state index < -0.39 is 0 Å². The first-order valence-electron chi connectivity index (χ1n) is 7.88. The van der Waals surface area contributed by atoms with Gasteiger partial charge < -0.3 is 4.90 Å². The van der Waals surface area contributed by atoms with Crippen molar-refractivity contribution in [1.82, 2.24) is 4.90 Å². The van der Waals surface area contributed by atoms with E-state index in [1.807, 2.05) is 42.5 Å². The predicted octanol–water partition coefficient (Wildman–Crippen LogP) is 4.09. The third-order valence-corrected chi connectivity index (χ3v) is 6.32. The average molecular weight is 401 g/mol. The van der Waals surface area contributed by atoms with Crippen LogP contribution in [0.4, 0.5) is 5.69 Å². The highest BCUT2D eigenvalue weighted by atomic mass is 35.5. The summed E-state index contributed by atoms with van der Waals surface area (Å²) in [6, 6.07) is 14.9. The monoisotopic (exact) mass is 400 g/mol. The van der Waals surface area contributed by atoms with Crippen LogP contribution in [0.25, 0.3) is 5.57 Å². The highest BCUT2D eigenvalue weighted by Gasteiger charge is 2.40. The number of likely N-dealkylation sites (N-methyl/N-ethyl adjacent to an activating group) is 1. The highest BCUT2D eigenvalue weighted by molar-refractivity contribution is 8.26. The van der Waals surface area contributed by atoms with E-state index in [2.05, 4.69) is 0 Å². The van der Waals surface area contributed by atoms with Gasteiger partial charge in [0.2, 0.25) is 0 Å². The number of carbonyl (C=O) groups excluding carboxylic acids is 2. The smallest absolute Gasteiger partial charge is 0.266 e. The number of amides is 2. The van der Waals surface area contributed by atoms with E-state index in [0.717, 1.165) is 16.8 Å². The molecule has 130 valence electrons. The van der Waals surface area contributed by atoms with Crippen molar-refractivity contribution < 1.29 is 9.59 Å². The number of fused-ring (bicyclic) bond motifs is 1. The molecule has 2 aliphatic rings. The van der Waals surface area contributed by atoms with Crippen LogP contribution in [0.3, 0.4) is 0 Å². The summed E-state index contributed by atoms with van der Waals surface area (Å²) >= 11 is 12.7. The molecule has 2 aromatic rings. The molecule has 0 bridgehead atoms. The largest absolute Gasteiger partial charge is 0.303 e. The van der Waals surface area contributed by atoms with Crippen molar-refractivity contribution in [3.05, 3.63) is 69.6 Å². The Morgan fingerprint density at radius 2 is 1.73 bits per heavy atom. The Morgan fingerprint density at radius 1 is 1.04 bits per heavy atom. The van der Waals surface area contributed by atoms with Crippen molar-refractivity contribution >= 4 is 63.0 Å². The summed E-state index contributed by atoms with van der Waals surface area (Å²) in [5, 5.41) is 0.603. The molecule has 4 rings (SSSR count). The van der Waals surface area contributed by atoms with Crippen LogP contribution in [0, 0.1) is 0 Å². The van der Waals surface area contributed by atoms with E-state index in [-0.39, 0.29) is 11.8 Å². The van der Waals surface area contributed by atoms with E-state index in [1.54, 1.807) is 18.0 Å². The number of nitrogens with zero attached hydrogens (tertiary/aromatic N) is 2. The minimum atomic E-state index is -0.238. The number of para-hydroxylation sites is 1. The SMILES string of the molecule is CN1C(=O)C(=C2C(=O)N(Cc3ccccc3Cl)c3ccccc32)SC1=S. The molecule has 4 nitrogen and oxygen atoms in total. The maximum Gasteiger partial charge on any atom is 0.266 e. The number of rotatable bonds is 2. The molecule has 2 aromatic carbocycles. The molecule has 26 heavy (non-hydrogen) atoms. The molecule has 1 saturated heterocycles. The molecular weight excluding hydrogens is 388 g/mol. The molecule has 0 atom stereocenters. The summed E-state index contributed by atoms with van der Waals surface area (Å²) < 4.78 is 0.451. The number of carbonyl (C=O) groups is 2. The van der Waals surface area contributed by atoms with Gasteiger partial charge in [0.1, 0.15) is 4.32 Å². The maximum atomic E-state index is 13.2. The van der Waals surface area contributed by atoms with Crippen LogP contribution in [0.5, 0.6) is 0 Å². The zero-order valence-electron chi connectivity index (χ0n) is 13.7. The fourth-order valence-electron chi connectivity index (χ4n) is 3.05. The zero-order valence-corrected chi connectivity index (χ0v) is 16.1. The number of benzene rings is 2. The van der Waals surface area contributed by atoms with Crippen LogP contribution in [0.1, 0.15) is 11.1 Å². The second kappa shape index (κ2) is 6.54. The van der Waals surface area contributed by atoms with Gasteiger partial charge in [-0.2, -0.15) is 0 Å². The van der Waals surface area contributed by atoms with Gasteiger partial charge in [-0.05, 0) is 17.7 Å². The fraction of sp³-hybridized carbons (Fsp3) is 0.105. The highest BCUT2D eigenvalue weighted by Crippen LogP contribution is 2.44. The van der Waals surface area contributed by atoms with E-state index >= 15 is 0 Å². The van der Waals surface area contributed by atoms with Crippen molar-refractivity contribution in [3.63, 3.8) is 0 Å². The molecule has 0 radical (unpaired) electrons. The number of hydrogen-bond acceptors (Lipinski definition) is 4. The second-order valence-electron chi connectivity index (χ2n) is 5.94. The van der Waals surface area contributed by atoms with E-state index in [1.165, 1.54) is 16.7 Å². The Kier molecular flexibility index (Phi) is 4.34. The molecule has 2 aliphatic heterocycles. The molecule has 2 heterocycles.